The van der Waals surface area contributed by atoms with E-state index in [2.05, 4.69) is 5.32 Å². The Hall–Kier alpha value is -1.10. The van der Waals surface area contributed by atoms with Gasteiger partial charge in [0.25, 0.3) is 0 Å². The molecule has 2 unspecified atom stereocenters. The van der Waals surface area contributed by atoms with Gasteiger partial charge in [0.1, 0.15) is 0 Å². The molecule has 2 fully saturated rings. The van der Waals surface area contributed by atoms with E-state index in [0.717, 1.165) is 51.4 Å². The molecule has 0 aliphatic heterocycles. The number of rotatable bonds is 4. The number of hydrogen-bond acceptors (Lipinski definition) is 3. The zero-order chi connectivity index (χ0) is 16.4. The van der Waals surface area contributed by atoms with Crippen molar-refractivity contribution in [1.82, 2.24) is 10.2 Å². The van der Waals surface area contributed by atoms with E-state index < -0.39 is 11.0 Å². The molecule has 2 aliphatic carbocycles. The van der Waals surface area contributed by atoms with Gasteiger partial charge in [-0.3, -0.25) is 9.59 Å². The molecule has 2 amide bonds. The molecule has 2 aliphatic rings. The Morgan fingerprint density at radius 1 is 1.14 bits per heavy atom. The molecule has 0 spiro atoms. The fraction of sp³-hybridized carbons (Fsp3) is 0.882. The second-order valence-corrected chi connectivity index (χ2v) is 7.71. The van der Waals surface area contributed by atoms with E-state index in [-0.39, 0.29) is 17.7 Å². The van der Waals surface area contributed by atoms with Crippen molar-refractivity contribution in [2.75, 3.05) is 20.6 Å². The lowest BCUT2D eigenvalue weighted by molar-refractivity contribution is -0.139. The lowest BCUT2D eigenvalue weighted by Gasteiger charge is -2.38. The summed E-state index contributed by atoms with van der Waals surface area (Å²) in [6.45, 7) is 2.43. The third-order valence-electron chi connectivity index (χ3n) is 5.59. The van der Waals surface area contributed by atoms with Crippen LogP contribution in [-0.2, 0) is 9.59 Å². The summed E-state index contributed by atoms with van der Waals surface area (Å²) < 4.78 is 0. The van der Waals surface area contributed by atoms with E-state index in [1.54, 1.807) is 19.0 Å². The Morgan fingerprint density at radius 3 is 2.27 bits per heavy atom. The first-order valence-electron chi connectivity index (χ1n) is 8.57. The smallest absolute Gasteiger partial charge is 0.230 e. The first-order valence-corrected chi connectivity index (χ1v) is 8.57. The molecule has 0 saturated heterocycles. The maximum atomic E-state index is 12.6. The van der Waals surface area contributed by atoms with Gasteiger partial charge in [0.15, 0.2) is 0 Å². The standard InChI is InChI=1S/C17H31N3O2/c1-16(18)9-5-4-8-13(16)14(21)19-12-17(10-6-7-11-17)15(22)20(2)3/h13H,4-12,18H2,1-3H3,(H,19,21). The van der Waals surface area contributed by atoms with E-state index in [4.69, 9.17) is 5.73 Å². The third kappa shape index (κ3) is 3.45. The molecule has 22 heavy (non-hydrogen) atoms. The molecule has 0 aromatic carbocycles. The molecule has 0 aromatic rings. The lowest BCUT2D eigenvalue weighted by Crippen LogP contribution is -2.55. The number of carbonyl (C=O) groups excluding carboxylic acids is 2. The highest BCUT2D eigenvalue weighted by Crippen LogP contribution is 2.39. The Bertz CT molecular complexity index is 426. The largest absolute Gasteiger partial charge is 0.355 e. The third-order valence-corrected chi connectivity index (χ3v) is 5.59. The number of carbonyl (C=O) groups is 2. The molecule has 0 heterocycles. The first-order chi connectivity index (χ1) is 10.3. The average molecular weight is 309 g/mol. The van der Waals surface area contributed by atoms with Gasteiger partial charge < -0.3 is 16.0 Å². The van der Waals surface area contributed by atoms with Gasteiger partial charge in [0.2, 0.25) is 11.8 Å². The van der Waals surface area contributed by atoms with Gasteiger partial charge >= 0.3 is 0 Å². The van der Waals surface area contributed by atoms with Gasteiger partial charge in [-0.15, -0.1) is 0 Å². The summed E-state index contributed by atoms with van der Waals surface area (Å²) in [5.74, 6) is 0.0427. The van der Waals surface area contributed by atoms with Crippen LogP contribution in [-0.4, -0.2) is 42.9 Å². The lowest BCUT2D eigenvalue weighted by atomic mass is 9.74. The molecule has 2 saturated carbocycles. The molecule has 3 N–H and O–H groups in total. The molecule has 126 valence electrons. The summed E-state index contributed by atoms with van der Waals surface area (Å²) in [6.07, 6.45) is 7.78. The number of hydrogen-bond donors (Lipinski definition) is 2. The SMILES string of the molecule is CN(C)C(=O)C1(CNC(=O)C2CCCCC2(C)N)CCCC1. The molecule has 0 radical (unpaired) electrons. The summed E-state index contributed by atoms with van der Waals surface area (Å²) in [5, 5.41) is 3.06. The molecule has 5 heteroatoms. The normalized spacial score (nSPS) is 30.8. The van der Waals surface area contributed by atoms with E-state index >= 15 is 0 Å². The number of amides is 2. The van der Waals surface area contributed by atoms with E-state index in [1.807, 2.05) is 6.92 Å². The van der Waals surface area contributed by atoms with Crippen LogP contribution in [0.25, 0.3) is 0 Å². The van der Waals surface area contributed by atoms with Crippen LogP contribution in [0, 0.1) is 11.3 Å². The highest BCUT2D eigenvalue weighted by Gasteiger charge is 2.44. The van der Waals surface area contributed by atoms with E-state index in [1.165, 1.54) is 0 Å². The van der Waals surface area contributed by atoms with Crippen LogP contribution < -0.4 is 11.1 Å². The van der Waals surface area contributed by atoms with Crippen molar-refractivity contribution >= 4 is 11.8 Å². The van der Waals surface area contributed by atoms with Gasteiger partial charge in [-0.1, -0.05) is 25.7 Å². The van der Waals surface area contributed by atoms with Crippen molar-refractivity contribution in [1.29, 1.82) is 0 Å². The second-order valence-electron chi connectivity index (χ2n) is 7.71. The Morgan fingerprint density at radius 2 is 1.73 bits per heavy atom. The summed E-state index contributed by atoms with van der Waals surface area (Å²) in [6, 6.07) is 0. The Labute approximate surface area is 134 Å². The predicted octanol–water partition coefficient (Wildman–Crippen LogP) is 1.66. The average Bonchev–Trinajstić information content (AvgIpc) is 2.93. The molecule has 2 atom stereocenters. The van der Waals surface area contributed by atoms with Crippen LogP contribution in [0.4, 0.5) is 0 Å². The van der Waals surface area contributed by atoms with Crippen LogP contribution >= 0.6 is 0 Å². The topological polar surface area (TPSA) is 75.4 Å². The zero-order valence-corrected chi connectivity index (χ0v) is 14.3. The highest BCUT2D eigenvalue weighted by molar-refractivity contribution is 5.85. The zero-order valence-electron chi connectivity index (χ0n) is 14.3. The number of nitrogens with one attached hydrogen (secondary N) is 1. The van der Waals surface area contributed by atoms with Gasteiger partial charge in [0, 0.05) is 26.2 Å². The Balaban J connectivity index is 2.00. The van der Waals surface area contributed by atoms with Crippen LogP contribution in [0.15, 0.2) is 0 Å². The second kappa shape index (κ2) is 6.57. The molecular weight excluding hydrogens is 278 g/mol. The van der Waals surface area contributed by atoms with Crippen LogP contribution in [0.1, 0.15) is 58.3 Å². The minimum Gasteiger partial charge on any atom is -0.355 e. The summed E-state index contributed by atoms with van der Waals surface area (Å²) in [5.41, 5.74) is 5.49. The molecule has 2 rings (SSSR count). The number of nitrogens with two attached hydrogens (primary N) is 1. The predicted molar refractivity (Wildman–Crippen MR) is 87.2 cm³/mol. The van der Waals surface area contributed by atoms with Crippen LogP contribution in [0.3, 0.4) is 0 Å². The summed E-state index contributed by atoms with van der Waals surface area (Å²) in [4.78, 5) is 26.8. The Kier molecular flexibility index (Phi) is 5.15. The highest BCUT2D eigenvalue weighted by atomic mass is 16.2. The summed E-state index contributed by atoms with van der Waals surface area (Å²) in [7, 11) is 3.59. The van der Waals surface area contributed by atoms with Gasteiger partial charge in [-0.2, -0.15) is 0 Å². The van der Waals surface area contributed by atoms with Crippen molar-refractivity contribution < 1.29 is 9.59 Å². The minimum absolute atomic E-state index is 0.0301. The van der Waals surface area contributed by atoms with Gasteiger partial charge in [-0.25, -0.2) is 0 Å². The van der Waals surface area contributed by atoms with Gasteiger partial charge in [-0.05, 0) is 32.6 Å². The molecule has 0 aromatic heterocycles. The van der Waals surface area contributed by atoms with Crippen molar-refractivity contribution in [2.24, 2.45) is 17.1 Å². The van der Waals surface area contributed by atoms with Crippen molar-refractivity contribution in [3.63, 3.8) is 0 Å². The van der Waals surface area contributed by atoms with Gasteiger partial charge in [0.05, 0.1) is 11.3 Å². The monoisotopic (exact) mass is 309 g/mol. The van der Waals surface area contributed by atoms with E-state index in [0.29, 0.717) is 6.54 Å². The minimum atomic E-state index is -0.420. The maximum absolute atomic E-state index is 12.6. The summed E-state index contributed by atoms with van der Waals surface area (Å²) >= 11 is 0. The fourth-order valence-corrected chi connectivity index (χ4v) is 4.16. The first kappa shape index (κ1) is 17.3. The molecule has 5 nitrogen and oxygen atoms in total. The van der Waals surface area contributed by atoms with Crippen LogP contribution in [0.5, 0.6) is 0 Å². The molecular formula is C17H31N3O2. The number of nitrogens with zero attached hydrogens (tertiary/aromatic N) is 1. The van der Waals surface area contributed by atoms with Crippen molar-refractivity contribution in [3.8, 4) is 0 Å². The quantitative estimate of drug-likeness (QED) is 0.829. The van der Waals surface area contributed by atoms with Crippen molar-refractivity contribution in [3.05, 3.63) is 0 Å². The molecule has 0 bridgehead atoms. The maximum Gasteiger partial charge on any atom is 0.230 e. The fourth-order valence-electron chi connectivity index (χ4n) is 4.16. The van der Waals surface area contributed by atoms with Crippen molar-refractivity contribution in [2.45, 2.75) is 63.8 Å². The van der Waals surface area contributed by atoms with Crippen LogP contribution in [0.2, 0.25) is 0 Å². The van der Waals surface area contributed by atoms with E-state index in [9.17, 15) is 9.59 Å².